The Bertz CT molecular complexity index is 1390. The second kappa shape index (κ2) is 7.85. The van der Waals surface area contributed by atoms with Crippen LogP contribution < -0.4 is 10.9 Å². The molecule has 4 aromatic rings. The molecule has 4 rings (SSSR count). The number of benzene rings is 2. The third-order valence-corrected chi connectivity index (χ3v) is 7.37. The number of aryl methyl sites for hydroxylation is 1. The smallest absolute Gasteiger partial charge is 0.281 e. The van der Waals surface area contributed by atoms with Gasteiger partial charge in [0.25, 0.3) is 11.5 Å². The zero-order valence-corrected chi connectivity index (χ0v) is 17.5. The molecule has 30 heavy (non-hydrogen) atoms. The fourth-order valence-electron chi connectivity index (χ4n) is 3.08. The minimum atomic E-state index is -3.67. The van der Waals surface area contributed by atoms with Gasteiger partial charge in [-0.05, 0) is 36.8 Å². The van der Waals surface area contributed by atoms with Crippen molar-refractivity contribution < 1.29 is 13.2 Å². The van der Waals surface area contributed by atoms with Crippen molar-refractivity contribution >= 4 is 43.0 Å². The number of nitrogens with zero attached hydrogens (tertiary/aromatic N) is 1. The van der Waals surface area contributed by atoms with Gasteiger partial charge in [-0.1, -0.05) is 36.4 Å². The lowest BCUT2D eigenvalue weighted by Gasteiger charge is -2.04. The summed E-state index contributed by atoms with van der Waals surface area (Å²) in [5.41, 5.74) is 0.586. The first-order valence-electron chi connectivity index (χ1n) is 9.01. The molecule has 0 aliphatic rings. The Morgan fingerprint density at radius 3 is 2.37 bits per heavy atom. The van der Waals surface area contributed by atoms with Crippen molar-refractivity contribution in [2.75, 3.05) is 5.32 Å². The Morgan fingerprint density at radius 2 is 1.70 bits per heavy atom. The van der Waals surface area contributed by atoms with Crippen LogP contribution in [0.25, 0.3) is 10.2 Å². The van der Waals surface area contributed by atoms with Crippen molar-refractivity contribution in [3.8, 4) is 0 Å². The van der Waals surface area contributed by atoms with Gasteiger partial charge in [0.15, 0.2) is 9.84 Å². The van der Waals surface area contributed by atoms with E-state index in [0.717, 1.165) is 11.3 Å². The molecule has 0 saturated heterocycles. The normalized spacial score (nSPS) is 11.5. The first-order valence-corrected chi connectivity index (χ1v) is 11.5. The van der Waals surface area contributed by atoms with E-state index in [1.165, 1.54) is 12.1 Å². The molecule has 2 heterocycles. The second-order valence-corrected chi connectivity index (χ2v) is 9.65. The van der Waals surface area contributed by atoms with E-state index in [-0.39, 0.29) is 16.6 Å². The Balaban J connectivity index is 1.69. The van der Waals surface area contributed by atoms with Crippen LogP contribution in [0.2, 0.25) is 0 Å². The maximum atomic E-state index is 12.7. The van der Waals surface area contributed by atoms with Crippen molar-refractivity contribution in [1.29, 1.82) is 0 Å². The van der Waals surface area contributed by atoms with Crippen LogP contribution in [0.3, 0.4) is 0 Å². The van der Waals surface area contributed by atoms with Gasteiger partial charge in [-0.2, -0.15) is 4.98 Å². The number of H-pyrrole nitrogens is 1. The van der Waals surface area contributed by atoms with E-state index in [0.29, 0.717) is 26.3 Å². The Kier molecular flexibility index (Phi) is 5.23. The van der Waals surface area contributed by atoms with Crippen molar-refractivity contribution in [2.24, 2.45) is 0 Å². The molecule has 2 aromatic heterocycles. The van der Waals surface area contributed by atoms with Crippen LogP contribution in [0.15, 0.2) is 70.4 Å². The molecule has 2 N–H and O–H groups in total. The van der Waals surface area contributed by atoms with E-state index in [1.54, 1.807) is 49.4 Å². The molecule has 1 amide bonds. The Hall–Kier alpha value is -3.30. The fourth-order valence-corrected chi connectivity index (χ4v) is 5.43. The number of carbonyl (C=O) groups excluding carboxylic acids is 1. The number of rotatable bonds is 5. The Morgan fingerprint density at radius 1 is 1.07 bits per heavy atom. The second-order valence-electron chi connectivity index (χ2n) is 6.64. The summed E-state index contributed by atoms with van der Waals surface area (Å²) in [5.74, 6) is -0.746. The average Bonchev–Trinajstić information content (AvgIpc) is 3.06. The average molecular weight is 440 g/mol. The SMILES string of the molecule is Cc1c(C(=O)Nc2ccccc2)sc2[nH]c(CS(=O)(=O)c3ccccc3)nc(=O)c12. The van der Waals surface area contributed by atoms with Crippen LogP contribution >= 0.6 is 11.3 Å². The molecule has 0 aliphatic heterocycles. The van der Waals surface area contributed by atoms with Crippen molar-refractivity contribution in [3.63, 3.8) is 0 Å². The van der Waals surface area contributed by atoms with Crippen LogP contribution in [-0.2, 0) is 15.6 Å². The van der Waals surface area contributed by atoms with Crippen LogP contribution in [-0.4, -0.2) is 24.3 Å². The highest BCUT2D eigenvalue weighted by molar-refractivity contribution is 7.90. The van der Waals surface area contributed by atoms with Crippen molar-refractivity contribution in [1.82, 2.24) is 9.97 Å². The zero-order chi connectivity index (χ0) is 21.3. The molecule has 0 unspecified atom stereocenters. The highest BCUT2D eigenvalue weighted by Gasteiger charge is 2.22. The number of aromatic nitrogens is 2. The molecular weight excluding hydrogens is 422 g/mol. The third-order valence-electron chi connectivity index (χ3n) is 4.52. The summed E-state index contributed by atoms with van der Waals surface area (Å²) in [6.45, 7) is 1.68. The first-order chi connectivity index (χ1) is 14.3. The highest BCUT2D eigenvalue weighted by Crippen LogP contribution is 2.28. The number of nitrogens with one attached hydrogen (secondary N) is 2. The van der Waals surface area contributed by atoms with Crippen LogP contribution in [0.4, 0.5) is 5.69 Å². The summed E-state index contributed by atoms with van der Waals surface area (Å²) in [5, 5.41) is 3.08. The van der Waals surface area contributed by atoms with Gasteiger partial charge < -0.3 is 10.3 Å². The lowest BCUT2D eigenvalue weighted by atomic mass is 10.2. The number of hydrogen-bond acceptors (Lipinski definition) is 6. The number of anilines is 1. The van der Waals surface area contributed by atoms with Crippen LogP contribution in [0, 0.1) is 6.92 Å². The van der Waals surface area contributed by atoms with Crippen molar-refractivity contribution in [3.05, 3.63) is 87.3 Å². The van der Waals surface area contributed by atoms with Gasteiger partial charge in [0.1, 0.15) is 16.4 Å². The van der Waals surface area contributed by atoms with Gasteiger partial charge in [0.05, 0.1) is 15.2 Å². The standard InChI is InChI=1S/C21H17N3O4S2/c1-13-17-19(25)23-16(12-30(27,28)15-10-6-3-7-11-15)24-21(17)29-18(13)20(26)22-14-8-4-2-5-9-14/h2-11H,12H2,1H3,(H,22,26)(H,23,24,25). The number of sulfone groups is 1. The molecule has 0 aliphatic carbocycles. The number of para-hydroxylation sites is 1. The van der Waals surface area contributed by atoms with Gasteiger partial charge in [-0.3, -0.25) is 9.59 Å². The van der Waals surface area contributed by atoms with E-state index in [4.69, 9.17) is 0 Å². The lowest BCUT2D eigenvalue weighted by Crippen LogP contribution is -2.15. The number of aromatic amines is 1. The molecule has 2 aromatic carbocycles. The molecule has 9 heteroatoms. The summed E-state index contributed by atoms with van der Waals surface area (Å²) < 4.78 is 25.2. The summed E-state index contributed by atoms with van der Waals surface area (Å²) in [6.07, 6.45) is 0. The molecule has 0 fully saturated rings. The monoisotopic (exact) mass is 439 g/mol. The summed E-state index contributed by atoms with van der Waals surface area (Å²) >= 11 is 1.10. The first kappa shape index (κ1) is 20.0. The van der Waals surface area contributed by atoms with E-state index in [2.05, 4.69) is 15.3 Å². The summed E-state index contributed by atoms with van der Waals surface area (Å²) in [6, 6.07) is 17.0. The van der Waals surface area contributed by atoms with Gasteiger partial charge >= 0.3 is 0 Å². The fraction of sp³-hybridized carbons (Fsp3) is 0.0952. The molecule has 0 radical (unpaired) electrons. The number of carbonyl (C=O) groups is 1. The summed E-state index contributed by atoms with van der Waals surface area (Å²) in [4.78, 5) is 33.0. The predicted molar refractivity (Wildman–Crippen MR) is 117 cm³/mol. The minimum absolute atomic E-state index is 0.0348. The Labute approximate surface area is 176 Å². The molecule has 0 bridgehead atoms. The zero-order valence-electron chi connectivity index (χ0n) is 15.9. The minimum Gasteiger partial charge on any atom is -0.334 e. The number of amides is 1. The number of thiophene rings is 1. The van der Waals surface area contributed by atoms with Gasteiger partial charge in [-0.15, -0.1) is 11.3 Å². The maximum Gasteiger partial charge on any atom is 0.281 e. The maximum absolute atomic E-state index is 12.7. The van der Waals surface area contributed by atoms with Gasteiger partial charge in [0.2, 0.25) is 0 Å². The van der Waals surface area contributed by atoms with Gasteiger partial charge in [0, 0.05) is 5.69 Å². The van der Waals surface area contributed by atoms with Crippen LogP contribution in [0.5, 0.6) is 0 Å². The molecular formula is C21H17N3O4S2. The topological polar surface area (TPSA) is 109 Å². The van der Waals surface area contributed by atoms with Crippen LogP contribution in [0.1, 0.15) is 21.1 Å². The highest BCUT2D eigenvalue weighted by atomic mass is 32.2. The van der Waals surface area contributed by atoms with Gasteiger partial charge in [-0.25, -0.2) is 8.42 Å². The number of fused-ring (bicyclic) bond motifs is 1. The van der Waals surface area contributed by atoms with E-state index in [9.17, 15) is 18.0 Å². The third kappa shape index (κ3) is 3.89. The van der Waals surface area contributed by atoms with E-state index >= 15 is 0 Å². The number of hydrogen-bond donors (Lipinski definition) is 2. The molecule has 0 saturated carbocycles. The largest absolute Gasteiger partial charge is 0.334 e. The predicted octanol–water partition coefficient (Wildman–Crippen LogP) is 3.52. The molecule has 0 spiro atoms. The molecule has 152 valence electrons. The van der Waals surface area contributed by atoms with Crippen molar-refractivity contribution in [2.45, 2.75) is 17.6 Å². The lowest BCUT2D eigenvalue weighted by molar-refractivity contribution is 0.103. The summed E-state index contributed by atoms with van der Waals surface area (Å²) in [7, 11) is -3.67. The van der Waals surface area contributed by atoms with E-state index in [1.807, 2.05) is 6.07 Å². The van der Waals surface area contributed by atoms with E-state index < -0.39 is 21.1 Å². The molecule has 7 nitrogen and oxygen atoms in total. The molecule has 0 atom stereocenters. The quantitative estimate of drug-likeness (QED) is 0.495.